The molecule has 0 bridgehead atoms. The first-order valence-corrected chi connectivity index (χ1v) is 12.8. The minimum atomic E-state index is -3.07. The number of rotatable bonds is 10. The van der Waals surface area contributed by atoms with E-state index in [0.717, 1.165) is 31.8 Å². The number of hydrogen-bond donors (Lipinski definition) is 2. The second-order valence-corrected chi connectivity index (χ2v) is 10.2. The van der Waals surface area contributed by atoms with E-state index in [4.69, 9.17) is 0 Å². The molecule has 2 rings (SSSR count). The van der Waals surface area contributed by atoms with Crippen molar-refractivity contribution in [1.29, 1.82) is 0 Å². The average Bonchev–Trinajstić information content (AvgIpc) is 2.70. The molecule has 0 unspecified atom stereocenters. The van der Waals surface area contributed by atoms with Crippen molar-refractivity contribution in [2.24, 2.45) is 4.99 Å². The summed E-state index contributed by atoms with van der Waals surface area (Å²) in [6.07, 6.45) is 10.2. The molecule has 2 heterocycles. The molecule has 0 saturated carbocycles. The number of guanidine groups is 1. The molecule has 0 atom stereocenters. The molecule has 0 amide bonds. The fourth-order valence-corrected chi connectivity index (χ4v) is 5.62. The highest BCUT2D eigenvalue weighted by Gasteiger charge is 2.27. The van der Waals surface area contributed by atoms with Crippen LogP contribution in [0.3, 0.4) is 0 Å². The molecule has 0 aliphatic carbocycles. The number of nitrogens with one attached hydrogen (secondary N) is 2. The van der Waals surface area contributed by atoms with Gasteiger partial charge >= 0.3 is 0 Å². The van der Waals surface area contributed by atoms with E-state index >= 15 is 0 Å². The molecule has 2 N–H and O–H groups in total. The van der Waals surface area contributed by atoms with Crippen molar-refractivity contribution in [3.8, 4) is 0 Å². The van der Waals surface area contributed by atoms with E-state index in [1.54, 1.807) is 11.4 Å². The first-order valence-electron chi connectivity index (χ1n) is 11.2. The van der Waals surface area contributed by atoms with Crippen LogP contribution >= 0.6 is 24.0 Å². The number of sulfonamides is 1. The van der Waals surface area contributed by atoms with Crippen LogP contribution in [0.25, 0.3) is 0 Å². The van der Waals surface area contributed by atoms with Gasteiger partial charge in [0.1, 0.15) is 0 Å². The van der Waals surface area contributed by atoms with Crippen molar-refractivity contribution in [1.82, 2.24) is 19.8 Å². The SMILES string of the molecule is CCCS(=O)(=O)N1CCC(NC(=NC)NCCCCCN2CCCCC2)CC1.I. The number of nitrogens with zero attached hydrogens (tertiary/aromatic N) is 3. The third-order valence-electron chi connectivity index (χ3n) is 5.77. The van der Waals surface area contributed by atoms with Gasteiger partial charge in [-0.1, -0.05) is 19.8 Å². The summed E-state index contributed by atoms with van der Waals surface area (Å²) >= 11 is 0. The Morgan fingerprint density at radius 3 is 2.34 bits per heavy atom. The van der Waals surface area contributed by atoms with E-state index in [1.807, 2.05) is 6.92 Å². The Kier molecular flexibility index (Phi) is 13.7. The second-order valence-electron chi connectivity index (χ2n) is 8.10. The van der Waals surface area contributed by atoms with Crippen LogP contribution in [0.2, 0.25) is 0 Å². The van der Waals surface area contributed by atoms with E-state index < -0.39 is 10.0 Å². The average molecular weight is 544 g/mol. The number of hydrogen-bond acceptors (Lipinski definition) is 4. The maximum Gasteiger partial charge on any atom is 0.214 e. The fourth-order valence-electron chi connectivity index (χ4n) is 4.08. The molecule has 172 valence electrons. The van der Waals surface area contributed by atoms with Gasteiger partial charge in [-0.15, -0.1) is 24.0 Å². The Labute approximate surface area is 195 Å². The predicted molar refractivity (Wildman–Crippen MR) is 133 cm³/mol. The summed E-state index contributed by atoms with van der Waals surface area (Å²) in [4.78, 5) is 6.93. The van der Waals surface area contributed by atoms with Crippen LogP contribution in [0.4, 0.5) is 0 Å². The van der Waals surface area contributed by atoms with Crippen LogP contribution < -0.4 is 10.6 Å². The van der Waals surface area contributed by atoms with Crippen LogP contribution in [0.15, 0.2) is 4.99 Å². The van der Waals surface area contributed by atoms with Crippen LogP contribution in [-0.4, -0.2) is 81.7 Å². The fraction of sp³-hybridized carbons (Fsp3) is 0.950. The van der Waals surface area contributed by atoms with Gasteiger partial charge in [-0.3, -0.25) is 4.99 Å². The number of halogens is 1. The Morgan fingerprint density at radius 2 is 1.72 bits per heavy atom. The normalized spacial score (nSPS) is 20.3. The van der Waals surface area contributed by atoms with Crippen LogP contribution in [0.1, 0.15) is 64.7 Å². The number of piperidine rings is 2. The summed E-state index contributed by atoms with van der Waals surface area (Å²) in [6, 6.07) is 0.290. The molecule has 0 spiro atoms. The molecule has 0 aromatic carbocycles. The lowest BCUT2D eigenvalue weighted by Gasteiger charge is -2.32. The van der Waals surface area contributed by atoms with Gasteiger partial charge in [0, 0.05) is 32.7 Å². The zero-order valence-corrected chi connectivity index (χ0v) is 21.5. The molecule has 0 aromatic heterocycles. The highest BCUT2D eigenvalue weighted by atomic mass is 127. The lowest BCUT2D eigenvalue weighted by molar-refractivity contribution is 0.224. The van der Waals surface area contributed by atoms with Gasteiger partial charge in [-0.2, -0.15) is 0 Å². The molecule has 7 nitrogen and oxygen atoms in total. The van der Waals surface area contributed by atoms with Gasteiger partial charge < -0.3 is 15.5 Å². The van der Waals surface area contributed by atoms with Crippen LogP contribution in [0.5, 0.6) is 0 Å². The van der Waals surface area contributed by atoms with Crippen LogP contribution in [-0.2, 0) is 10.0 Å². The molecular formula is C20H42IN5O2S. The maximum absolute atomic E-state index is 12.2. The quantitative estimate of drug-likeness (QED) is 0.192. The first kappa shape index (κ1) is 26.9. The van der Waals surface area contributed by atoms with Gasteiger partial charge in [0.05, 0.1) is 5.75 Å². The maximum atomic E-state index is 12.2. The monoisotopic (exact) mass is 543 g/mol. The molecule has 2 aliphatic heterocycles. The Hall–Kier alpha value is -0.130. The minimum Gasteiger partial charge on any atom is -0.356 e. The Bertz CT molecular complexity index is 559. The van der Waals surface area contributed by atoms with E-state index in [1.165, 1.54) is 51.7 Å². The van der Waals surface area contributed by atoms with Crippen molar-refractivity contribution in [2.75, 3.05) is 52.1 Å². The van der Waals surface area contributed by atoms with Gasteiger partial charge in [-0.25, -0.2) is 12.7 Å². The topological polar surface area (TPSA) is 77.0 Å². The van der Waals surface area contributed by atoms with E-state index in [-0.39, 0.29) is 29.7 Å². The smallest absolute Gasteiger partial charge is 0.214 e. The lowest BCUT2D eigenvalue weighted by Crippen LogP contribution is -2.50. The Balaban J connectivity index is 0.00000420. The van der Waals surface area contributed by atoms with Crippen LogP contribution in [0, 0.1) is 0 Å². The van der Waals surface area contributed by atoms with Crippen molar-refractivity contribution in [3.63, 3.8) is 0 Å². The summed E-state index contributed by atoms with van der Waals surface area (Å²) in [6.45, 7) is 7.87. The highest BCUT2D eigenvalue weighted by Crippen LogP contribution is 2.15. The van der Waals surface area contributed by atoms with E-state index in [9.17, 15) is 8.42 Å². The first-order chi connectivity index (χ1) is 13.5. The molecule has 0 aromatic rings. The number of aliphatic imine (C=N–C) groups is 1. The summed E-state index contributed by atoms with van der Waals surface area (Å²) in [5, 5.41) is 6.87. The lowest BCUT2D eigenvalue weighted by atomic mass is 10.1. The van der Waals surface area contributed by atoms with Crippen molar-refractivity contribution in [2.45, 2.75) is 70.8 Å². The third-order valence-corrected chi connectivity index (χ3v) is 7.84. The predicted octanol–water partition coefficient (Wildman–Crippen LogP) is 2.63. The molecule has 9 heteroatoms. The third kappa shape index (κ3) is 10.1. The second kappa shape index (κ2) is 14.8. The largest absolute Gasteiger partial charge is 0.356 e. The van der Waals surface area contributed by atoms with E-state index in [2.05, 4.69) is 20.5 Å². The van der Waals surface area contributed by atoms with Gasteiger partial charge in [0.15, 0.2) is 5.96 Å². The van der Waals surface area contributed by atoms with Gasteiger partial charge in [0.2, 0.25) is 10.0 Å². The Morgan fingerprint density at radius 1 is 1.03 bits per heavy atom. The summed E-state index contributed by atoms with van der Waals surface area (Å²) in [7, 11) is -1.27. The standard InChI is InChI=1S/C20H41N5O2S.HI/c1-3-18-28(26,27)25-16-10-19(11-17-25)23-20(21-2)22-12-6-4-7-13-24-14-8-5-9-15-24;/h19H,3-18H2,1-2H3,(H2,21,22,23);1H. The molecule has 29 heavy (non-hydrogen) atoms. The number of unbranched alkanes of at least 4 members (excludes halogenated alkanes) is 2. The molecule has 0 radical (unpaired) electrons. The molecule has 2 aliphatic rings. The summed E-state index contributed by atoms with van der Waals surface area (Å²) in [5.41, 5.74) is 0. The molecule has 2 saturated heterocycles. The summed E-state index contributed by atoms with van der Waals surface area (Å²) in [5.74, 6) is 1.09. The van der Waals surface area contributed by atoms with Gasteiger partial charge in [-0.05, 0) is 64.6 Å². The zero-order chi connectivity index (χ0) is 20.2. The highest BCUT2D eigenvalue weighted by molar-refractivity contribution is 14.0. The number of likely N-dealkylation sites (tertiary alicyclic amines) is 1. The minimum absolute atomic E-state index is 0. The van der Waals surface area contributed by atoms with Crippen molar-refractivity contribution < 1.29 is 8.42 Å². The van der Waals surface area contributed by atoms with Crippen molar-refractivity contribution in [3.05, 3.63) is 0 Å². The van der Waals surface area contributed by atoms with Crippen molar-refractivity contribution >= 4 is 40.0 Å². The molecular weight excluding hydrogens is 501 g/mol. The summed E-state index contributed by atoms with van der Waals surface area (Å²) < 4.78 is 26.0. The van der Waals surface area contributed by atoms with E-state index in [0.29, 0.717) is 25.6 Å². The van der Waals surface area contributed by atoms with Gasteiger partial charge in [0.25, 0.3) is 0 Å². The zero-order valence-electron chi connectivity index (χ0n) is 18.4. The molecule has 2 fully saturated rings.